The van der Waals surface area contributed by atoms with E-state index in [0.29, 0.717) is 12.5 Å². The summed E-state index contributed by atoms with van der Waals surface area (Å²) in [5.74, 6) is -1.07. The highest BCUT2D eigenvalue weighted by Gasteiger charge is 2.34. The molecule has 12 heteroatoms. The first-order valence-electron chi connectivity index (χ1n) is 8.72. The molecule has 30 heavy (non-hydrogen) atoms. The minimum atomic E-state index is -4.71. The van der Waals surface area contributed by atoms with E-state index in [-0.39, 0.29) is 35.9 Å². The zero-order valence-corrected chi connectivity index (χ0v) is 17.4. The Kier molecular flexibility index (Phi) is 7.74. The summed E-state index contributed by atoms with van der Waals surface area (Å²) in [7, 11) is -1.77. The molecule has 1 aliphatic rings. The van der Waals surface area contributed by atoms with E-state index >= 15 is 0 Å². The second-order valence-electron chi connectivity index (χ2n) is 6.59. The number of sulfone groups is 1. The molecule has 164 valence electrons. The fraction of sp³-hybridized carbons (Fsp3) is 0.444. The molecule has 1 amide bonds. The van der Waals surface area contributed by atoms with Crippen LogP contribution in [0.4, 0.5) is 18.9 Å². The number of hydrogen-bond acceptors (Lipinski definition) is 6. The molecule has 1 aromatic rings. The number of carbonyl (C=O) groups excluding carboxylic acids is 1. The molecule has 0 spiro atoms. The van der Waals surface area contributed by atoms with Gasteiger partial charge in [0.05, 0.1) is 28.7 Å². The highest BCUT2D eigenvalue weighted by molar-refractivity contribution is 7.91. The maximum absolute atomic E-state index is 13.0. The van der Waals surface area contributed by atoms with Crippen molar-refractivity contribution in [1.82, 2.24) is 4.90 Å². The van der Waals surface area contributed by atoms with Crippen LogP contribution in [0.3, 0.4) is 0 Å². The molecule has 1 aliphatic heterocycles. The molecule has 0 aliphatic carbocycles. The number of carbonyl (C=O) groups is 1. The van der Waals surface area contributed by atoms with E-state index in [2.05, 4.69) is 5.32 Å². The maximum Gasteiger partial charge on any atom is 0.417 e. The molecule has 0 aromatic heterocycles. The largest absolute Gasteiger partial charge is 0.417 e. The smallest absolute Gasteiger partial charge is 0.383 e. The number of rotatable bonds is 7. The molecule has 1 fully saturated rings. The molecule has 1 N–H and O–H groups in total. The van der Waals surface area contributed by atoms with Crippen LogP contribution in [0.15, 0.2) is 30.0 Å². The molecule has 1 heterocycles. The normalized spacial score (nSPS) is 18.7. The predicted octanol–water partition coefficient (Wildman–Crippen LogP) is 2.84. The van der Waals surface area contributed by atoms with Gasteiger partial charge in [-0.3, -0.25) is 4.79 Å². The molecule has 0 saturated carbocycles. The topological polar surface area (TPSA) is 99.5 Å². The summed E-state index contributed by atoms with van der Waals surface area (Å²) in [6, 6.07) is 4.10. The Labute approximate surface area is 177 Å². The minimum Gasteiger partial charge on any atom is -0.383 e. The first kappa shape index (κ1) is 24.0. The zero-order chi connectivity index (χ0) is 22.5. The summed E-state index contributed by atoms with van der Waals surface area (Å²) in [5, 5.41) is 11.1. The number of nitrogens with zero attached hydrogens (tertiary/aromatic N) is 2. The van der Waals surface area contributed by atoms with Crippen LogP contribution >= 0.6 is 11.6 Å². The SMILES string of the molecule is COCCN(/C=C(/C#N)C(=O)Nc1ccc(Cl)c(C(F)(F)F)c1)C1CCS(=O)(=O)C1. The third-order valence-corrected chi connectivity index (χ3v) is 6.50. The number of nitrogens with one attached hydrogen (secondary N) is 1. The van der Waals surface area contributed by atoms with Crippen LogP contribution in [0, 0.1) is 11.3 Å². The van der Waals surface area contributed by atoms with E-state index in [4.69, 9.17) is 16.3 Å². The molecular formula is C18H19ClF3N3O4S. The molecule has 0 radical (unpaired) electrons. The van der Waals surface area contributed by atoms with Crippen LogP contribution in [-0.4, -0.2) is 57.0 Å². The molecule has 1 atom stereocenters. The third-order valence-electron chi connectivity index (χ3n) is 4.42. The Balaban J connectivity index is 2.25. The van der Waals surface area contributed by atoms with E-state index < -0.39 is 38.5 Å². The molecule has 1 aromatic carbocycles. The molecule has 1 saturated heterocycles. The van der Waals surface area contributed by atoms with E-state index in [1.165, 1.54) is 24.3 Å². The Bertz CT molecular complexity index is 974. The number of anilines is 1. The lowest BCUT2D eigenvalue weighted by molar-refractivity contribution is -0.137. The molecule has 2 rings (SSSR count). The highest BCUT2D eigenvalue weighted by Crippen LogP contribution is 2.36. The average Bonchev–Trinajstić information content (AvgIpc) is 3.02. The van der Waals surface area contributed by atoms with Gasteiger partial charge in [0.2, 0.25) is 0 Å². The number of alkyl halides is 3. The van der Waals surface area contributed by atoms with Crippen LogP contribution in [0.5, 0.6) is 0 Å². The summed E-state index contributed by atoms with van der Waals surface area (Å²) < 4.78 is 67.5. The van der Waals surface area contributed by atoms with Crippen molar-refractivity contribution in [3.63, 3.8) is 0 Å². The lowest BCUT2D eigenvalue weighted by Gasteiger charge is -2.26. The zero-order valence-electron chi connectivity index (χ0n) is 15.9. The average molecular weight is 466 g/mol. The molecule has 7 nitrogen and oxygen atoms in total. The van der Waals surface area contributed by atoms with E-state index in [9.17, 15) is 31.6 Å². The van der Waals surface area contributed by atoms with E-state index in [1.54, 1.807) is 6.07 Å². The number of ether oxygens (including phenoxy) is 1. The van der Waals surface area contributed by atoms with Crippen molar-refractivity contribution in [2.24, 2.45) is 0 Å². The fourth-order valence-corrected chi connectivity index (χ4v) is 4.88. The first-order chi connectivity index (χ1) is 14.0. The van der Waals surface area contributed by atoms with Crippen molar-refractivity contribution >= 4 is 33.0 Å². The van der Waals surface area contributed by atoms with Crippen molar-refractivity contribution < 1.29 is 31.1 Å². The van der Waals surface area contributed by atoms with Crippen molar-refractivity contribution in [2.75, 3.05) is 37.1 Å². The number of hydrogen-bond donors (Lipinski definition) is 1. The third kappa shape index (κ3) is 6.35. The van der Waals surface area contributed by atoms with Crippen molar-refractivity contribution in [3.05, 3.63) is 40.6 Å². The monoisotopic (exact) mass is 465 g/mol. The van der Waals surface area contributed by atoms with Crippen LogP contribution in [-0.2, 0) is 25.5 Å². The summed E-state index contributed by atoms with van der Waals surface area (Å²) in [5.41, 5.74) is -1.70. The second-order valence-corrected chi connectivity index (χ2v) is 9.22. The van der Waals surface area contributed by atoms with E-state index in [0.717, 1.165) is 6.07 Å². The van der Waals surface area contributed by atoms with Gasteiger partial charge < -0.3 is 15.0 Å². The number of nitriles is 1. The Hall–Kier alpha value is -2.29. The summed E-state index contributed by atoms with van der Waals surface area (Å²) >= 11 is 5.56. The van der Waals surface area contributed by atoms with Gasteiger partial charge in [0, 0.05) is 31.6 Å². The molecular weight excluding hydrogens is 447 g/mol. The summed E-state index contributed by atoms with van der Waals surface area (Å²) in [4.78, 5) is 14.0. The Morgan fingerprint density at radius 3 is 2.70 bits per heavy atom. The maximum atomic E-state index is 13.0. The quantitative estimate of drug-likeness (QED) is 0.491. The number of benzene rings is 1. The van der Waals surface area contributed by atoms with Gasteiger partial charge in [0.15, 0.2) is 9.84 Å². The summed E-state index contributed by atoms with van der Waals surface area (Å²) in [6.07, 6.45) is -3.17. The van der Waals surface area contributed by atoms with Crippen molar-refractivity contribution in [3.8, 4) is 6.07 Å². The highest BCUT2D eigenvalue weighted by atomic mass is 35.5. The lowest BCUT2D eigenvalue weighted by Crippen LogP contribution is -2.35. The van der Waals surface area contributed by atoms with Gasteiger partial charge in [-0.1, -0.05) is 11.6 Å². The van der Waals surface area contributed by atoms with Gasteiger partial charge in [-0.25, -0.2) is 8.42 Å². The first-order valence-corrected chi connectivity index (χ1v) is 10.9. The van der Waals surface area contributed by atoms with Crippen LogP contribution in [0.1, 0.15) is 12.0 Å². The van der Waals surface area contributed by atoms with Crippen LogP contribution < -0.4 is 5.32 Å². The van der Waals surface area contributed by atoms with Gasteiger partial charge in [-0.2, -0.15) is 18.4 Å². The number of methoxy groups -OCH3 is 1. The van der Waals surface area contributed by atoms with Gasteiger partial charge in [0.25, 0.3) is 5.91 Å². The van der Waals surface area contributed by atoms with Gasteiger partial charge in [-0.15, -0.1) is 0 Å². The molecule has 0 bridgehead atoms. The van der Waals surface area contributed by atoms with Crippen molar-refractivity contribution in [1.29, 1.82) is 5.26 Å². The lowest BCUT2D eigenvalue weighted by atomic mass is 10.1. The number of amides is 1. The fourth-order valence-electron chi connectivity index (χ4n) is 2.91. The van der Waals surface area contributed by atoms with Gasteiger partial charge >= 0.3 is 6.18 Å². The minimum absolute atomic E-state index is 0.00589. The summed E-state index contributed by atoms with van der Waals surface area (Å²) in [6.45, 7) is 0.452. The van der Waals surface area contributed by atoms with E-state index in [1.807, 2.05) is 0 Å². The Morgan fingerprint density at radius 2 is 2.17 bits per heavy atom. The van der Waals surface area contributed by atoms with Crippen LogP contribution in [0.2, 0.25) is 5.02 Å². The number of halogens is 4. The predicted molar refractivity (Wildman–Crippen MR) is 104 cm³/mol. The van der Waals surface area contributed by atoms with Gasteiger partial charge in [-0.05, 0) is 24.6 Å². The standard InChI is InChI=1S/C18H19ClF3N3O4S/c1-29-6-5-25(14-4-7-30(27,28)11-14)10-12(9-23)17(26)24-13-2-3-16(19)15(8-13)18(20,21)22/h2-3,8,10,14H,4-7,11H2,1H3,(H,24,26)/b12-10-. The molecule has 1 unspecified atom stereocenters. The Morgan fingerprint density at radius 1 is 1.47 bits per heavy atom. The van der Waals surface area contributed by atoms with Crippen LogP contribution in [0.25, 0.3) is 0 Å². The second kappa shape index (κ2) is 9.68. The van der Waals surface area contributed by atoms with Gasteiger partial charge in [0.1, 0.15) is 11.6 Å². The van der Waals surface area contributed by atoms with Crippen molar-refractivity contribution in [2.45, 2.75) is 18.6 Å².